The molecule has 0 bridgehead atoms. The number of rotatable bonds is 6. The van der Waals surface area contributed by atoms with Crippen LogP contribution in [0.3, 0.4) is 0 Å². The molecular weight excluding hydrogens is 268 g/mol. The summed E-state index contributed by atoms with van der Waals surface area (Å²) in [5.41, 5.74) is 1.10. The first-order chi connectivity index (χ1) is 7.53. The average Bonchev–Trinajstić information content (AvgIpc) is 2.27. The molecule has 0 aliphatic rings. The lowest BCUT2D eigenvalue weighted by atomic mass is 10.1. The molecule has 0 unspecified atom stereocenters. The van der Waals surface area contributed by atoms with Crippen molar-refractivity contribution in [1.82, 2.24) is 0 Å². The zero-order valence-electron chi connectivity index (χ0n) is 10.1. The number of benzene rings is 1. The molecule has 0 aliphatic heterocycles. The van der Waals surface area contributed by atoms with E-state index in [0.29, 0.717) is 6.61 Å². The third kappa shape index (κ3) is 5.10. The minimum absolute atomic E-state index is 0.0975. The van der Waals surface area contributed by atoms with E-state index in [1.165, 1.54) is 5.56 Å². The van der Waals surface area contributed by atoms with Gasteiger partial charge in [-0.1, -0.05) is 28.1 Å². The van der Waals surface area contributed by atoms with E-state index < -0.39 is 0 Å². The van der Waals surface area contributed by atoms with Crippen molar-refractivity contribution in [3.05, 3.63) is 34.3 Å². The summed E-state index contributed by atoms with van der Waals surface area (Å²) in [5, 5.41) is 0. The van der Waals surface area contributed by atoms with Crippen LogP contribution in [0.2, 0.25) is 0 Å². The van der Waals surface area contributed by atoms with Crippen molar-refractivity contribution in [1.29, 1.82) is 0 Å². The lowest BCUT2D eigenvalue weighted by Gasteiger charge is -2.22. The average molecular weight is 287 g/mol. The topological polar surface area (TPSA) is 18.5 Å². The molecule has 1 rings (SSSR count). The Morgan fingerprint density at radius 1 is 1.19 bits per heavy atom. The summed E-state index contributed by atoms with van der Waals surface area (Å²) in [6, 6.07) is 8.17. The third-order valence-corrected chi connectivity index (χ3v) is 3.11. The summed E-state index contributed by atoms with van der Waals surface area (Å²) in [5.74, 6) is 0. The van der Waals surface area contributed by atoms with Gasteiger partial charge in [0.05, 0.1) is 12.2 Å². The molecule has 0 N–H and O–H groups in total. The highest BCUT2D eigenvalue weighted by molar-refractivity contribution is 9.10. The maximum atomic E-state index is 5.60. The normalized spacial score (nSPS) is 11.8. The Kier molecular flexibility index (Phi) is 5.46. The van der Waals surface area contributed by atoms with Gasteiger partial charge in [0.15, 0.2) is 0 Å². The predicted molar refractivity (Wildman–Crippen MR) is 69.5 cm³/mol. The van der Waals surface area contributed by atoms with Crippen molar-refractivity contribution in [3.63, 3.8) is 0 Å². The summed E-state index contributed by atoms with van der Waals surface area (Å²) >= 11 is 3.41. The number of hydrogen-bond acceptors (Lipinski definition) is 2. The number of halogens is 1. The fourth-order valence-corrected chi connectivity index (χ4v) is 1.46. The van der Waals surface area contributed by atoms with E-state index in [4.69, 9.17) is 9.47 Å². The molecule has 16 heavy (non-hydrogen) atoms. The summed E-state index contributed by atoms with van der Waals surface area (Å²) in [6.07, 6.45) is 0.903. The Hall–Kier alpha value is -0.380. The molecule has 0 radical (unpaired) electrons. The van der Waals surface area contributed by atoms with E-state index in [-0.39, 0.29) is 5.60 Å². The zero-order valence-corrected chi connectivity index (χ0v) is 11.7. The van der Waals surface area contributed by atoms with Crippen LogP contribution in [0.5, 0.6) is 0 Å². The van der Waals surface area contributed by atoms with Gasteiger partial charge in [0.25, 0.3) is 0 Å². The molecule has 0 saturated carbocycles. The van der Waals surface area contributed by atoms with Crippen LogP contribution in [0.1, 0.15) is 25.8 Å². The van der Waals surface area contributed by atoms with Crippen LogP contribution >= 0.6 is 15.9 Å². The first-order valence-electron chi connectivity index (χ1n) is 5.41. The molecule has 1 aromatic carbocycles. The van der Waals surface area contributed by atoms with Crippen molar-refractivity contribution >= 4 is 15.9 Å². The van der Waals surface area contributed by atoms with Gasteiger partial charge in [-0.25, -0.2) is 0 Å². The molecule has 0 aromatic heterocycles. The minimum Gasteiger partial charge on any atom is -0.379 e. The van der Waals surface area contributed by atoms with Crippen molar-refractivity contribution in [2.75, 3.05) is 13.7 Å². The molecule has 0 amide bonds. The van der Waals surface area contributed by atoms with Gasteiger partial charge < -0.3 is 9.47 Å². The van der Waals surface area contributed by atoms with Crippen molar-refractivity contribution in [2.45, 2.75) is 32.5 Å². The Bertz CT molecular complexity index is 306. The second-order valence-electron chi connectivity index (χ2n) is 4.39. The van der Waals surface area contributed by atoms with E-state index >= 15 is 0 Å². The van der Waals surface area contributed by atoms with Gasteiger partial charge in [0.1, 0.15) is 0 Å². The molecule has 0 spiro atoms. The summed E-state index contributed by atoms with van der Waals surface area (Å²) in [4.78, 5) is 0. The minimum atomic E-state index is -0.0975. The second kappa shape index (κ2) is 6.38. The van der Waals surface area contributed by atoms with E-state index in [9.17, 15) is 0 Å². The second-order valence-corrected chi connectivity index (χ2v) is 5.31. The smallest absolute Gasteiger partial charge is 0.0716 e. The Balaban J connectivity index is 2.23. The van der Waals surface area contributed by atoms with Crippen LogP contribution in [0.15, 0.2) is 28.7 Å². The maximum absolute atomic E-state index is 5.60. The highest BCUT2D eigenvalue weighted by Gasteiger charge is 2.15. The number of ether oxygens (including phenoxy) is 2. The van der Waals surface area contributed by atoms with Gasteiger partial charge >= 0.3 is 0 Å². The standard InChI is InChI=1S/C13H19BrO2/c1-13(2,15-3)8-9-16-10-11-4-6-12(14)7-5-11/h4-7H,8-10H2,1-3H3. The molecule has 0 aliphatic carbocycles. The first kappa shape index (κ1) is 13.7. The summed E-state index contributed by atoms with van der Waals surface area (Å²) in [7, 11) is 1.73. The van der Waals surface area contributed by atoms with E-state index in [2.05, 4.69) is 41.9 Å². The molecular formula is C13H19BrO2. The summed E-state index contributed by atoms with van der Waals surface area (Å²) in [6.45, 7) is 5.51. The van der Waals surface area contributed by atoms with Crippen molar-refractivity contribution < 1.29 is 9.47 Å². The first-order valence-corrected chi connectivity index (χ1v) is 6.20. The van der Waals surface area contributed by atoms with Crippen LogP contribution in [-0.2, 0) is 16.1 Å². The number of hydrogen-bond donors (Lipinski definition) is 0. The van der Waals surface area contributed by atoms with E-state index in [1.807, 2.05) is 12.1 Å². The predicted octanol–water partition coefficient (Wildman–Crippen LogP) is 3.78. The highest BCUT2D eigenvalue weighted by atomic mass is 79.9. The molecule has 2 nitrogen and oxygen atoms in total. The van der Waals surface area contributed by atoms with Gasteiger partial charge in [-0.2, -0.15) is 0 Å². The van der Waals surface area contributed by atoms with Crippen LogP contribution in [-0.4, -0.2) is 19.3 Å². The molecule has 0 heterocycles. The monoisotopic (exact) mass is 286 g/mol. The van der Waals surface area contributed by atoms with Crippen molar-refractivity contribution in [2.24, 2.45) is 0 Å². The third-order valence-electron chi connectivity index (χ3n) is 2.58. The molecule has 1 aromatic rings. The van der Waals surface area contributed by atoms with Gasteiger partial charge in [0.2, 0.25) is 0 Å². The zero-order chi connectivity index (χ0) is 12.0. The van der Waals surface area contributed by atoms with Crippen LogP contribution in [0.25, 0.3) is 0 Å². The highest BCUT2D eigenvalue weighted by Crippen LogP contribution is 2.14. The molecule has 90 valence electrons. The van der Waals surface area contributed by atoms with E-state index in [1.54, 1.807) is 7.11 Å². The van der Waals surface area contributed by atoms with Gasteiger partial charge in [-0.15, -0.1) is 0 Å². The molecule has 0 atom stereocenters. The SMILES string of the molecule is COC(C)(C)CCOCc1ccc(Br)cc1. The molecule has 3 heteroatoms. The maximum Gasteiger partial charge on any atom is 0.0716 e. The molecule has 0 fully saturated rings. The Morgan fingerprint density at radius 2 is 1.81 bits per heavy atom. The van der Waals surface area contributed by atoms with Crippen molar-refractivity contribution in [3.8, 4) is 0 Å². The lowest BCUT2D eigenvalue weighted by molar-refractivity contribution is -0.0124. The van der Waals surface area contributed by atoms with Crippen LogP contribution in [0.4, 0.5) is 0 Å². The van der Waals surface area contributed by atoms with Gasteiger partial charge in [0, 0.05) is 18.2 Å². The largest absolute Gasteiger partial charge is 0.379 e. The lowest BCUT2D eigenvalue weighted by Crippen LogP contribution is -2.24. The summed E-state index contributed by atoms with van der Waals surface area (Å²) < 4.78 is 12.0. The Labute approximate surface area is 106 Å². The van der Waals surface area contributed by atoms with Crippen LogP contribution < -0.4 is 0 Å². The van der Waals surface area contributed by atoms with Gasteiger partial charge in [-0.05, 0) is 38.0 Å². The number of methoxy groups -OCH3 is 1. The fraction of sp³-hybridized carbons (Fsp3) is 0.538. The molecule has 0 saturated heterocycles. The van der Waals surface area contributed by atoms with Crippen LogP contribution in [0, 0.1) is 0 Å². The van der Waals surface area contributed by atoms with Gasteiger partial charge in [-0.3, -0.25) is 0 Å². The fourth-order valence-electron chi connectivity index (χ4n) is 1.19. The Morgan fingerprint density at radius 3 is 2.38 bits per heavy atom. The quantitative estimate of drug-likeness (QED) is 0.741. The van der Waals surface area contributed by atoms with E-state index in [0.717, 1.165) is 17.5 Å².